The van der Waals surface area contributed by atoms with Crippen molar-refractivity contribution in [3.63, 3.8) is 0 Å². The zero-order chi connectivity index (χ0) is 9.97. The third-order valence-electron chi connectivity index (χ3n) is 1.48. The molecule has 0 aromatic carbocycles. The van der Waals surface area contributed by atoms with Crippen LogP contribution in [-0.2, 0) is 0 Å². The fourth-order valence-corrected chi connectivity index (χ4v) is 2.68. The molecule has 2 nitrogen and oxygen atoms in total. The van der Waals surface area contributed by atoms with Crippen molar-refractivity contribution in [2.45, 2.75) is 16.3 Å². The summed E-state index contributed by atoms with van der Waals surface area (Å²) in [5.74, 6) is -0.455. The van der Waals surface area contributed by atoms with Crippen LogP contribution < -0.4 is 0 Å². The van der Waals surface area contributed by atoms with Crippen molar-refractivity contribution in [1.29, 1.82) is 0 Å². The van der Waals surface area contributed by atoms with Gasteiger partial charge in [0.05, 0.1) is 0 Å². The van der Waals surface area contributed by atoms with E-state index >= 15 is 0 Å². The number of aryl methyl sites for hydroxylation is 1. The molecule has 5 heteroatoms. The van der Waals surface area contributed by atoms with E-state index in [-0.39, 0.29) is 0 Å². The highest BCUT2D eigenvalue weighted by Crippen LogP contribution is 2.28. The van der Waals surface area contributed by atoms with Crippen LogP contribution in [0.2, 0.25) is 0 Å². The highest BCUT2D eigenvalue weighted by atomic mass is 32.2. The van der Waals surface area contributed by atoms with Gasteiger partial charge in [-0.15, -0.1) is 11.3 Å². The van der Waals surface area contributed by atoms with E-state index in [9.17, 15) is 4.39 Å². The second-order valence-corrected chi connectivity index (χ2v) is 4.78. The molecule has 0 amide bonds. The van der Waals surface area contributed by atoms with Crippen LogP contribution in [0.1, 0.15) is 5.69 Å². The van der Waals surface area contributed by atoms with Crippen LogP contribution in [0.4, 0.5) is 4.39 Å². The SMILES string of the molecule is Cc1csc(Sc2cccc(F)n2)n1. The van der Waals surface area contributed by atoms with Gasteiger partial charge in [-0.25, -0.2) is 9.97 Å². The molecule has 0 aliphatic carbocycles. The highest BCUT2D eigenvalue weighted by molar-refractivity contribution is 8.00. The first-order valence-electron chi connectivity index (χ1n) is 3.96. The Balaban J connectivity index is 2.18. The molecule has 0 bridgehead atoms. The van der Waals surface area contributed by atoms with E-state index in [1.165, 1.54) is 29.2 Å². The van der Waals surface area contributed by atoms with Crippen LogP contribution in [0.5, 0.6) is 0 Å². The lowest BCUT2D eigenvalue weighted by Crippen LogP contribution is -1.83. The Morgan fingerprint density at radius 3 is 2.86 bits per heavy atom. The lowest BCUT2D eigenvalue weighted by molar-refractivity contribution is 0.572. The number of rotatable bonds is 2. The lowest BCUT2D eigenvalue weighted by atomic mass is 10.5. The van der Waals surface area contributed by atoms with E-state index in [2.05, 4.69) is 9.97 Å². The molecule has 2 rings (SSSR count). The number of aromatic nitrogens is 2. The van der Waals surface area contributed by atoms with Gasteiger partial charge in [-0.1, -0.05) is 6.07 Å². The minimum absolute atomic E-state index is 0.455. The van der Waals surface area contributed by atoms with Gasteiger partial charge < -0.3 is 0 Å². The first-order valence-corrected chi connectivity index (χ1v) is 5.66. The maximum absolute atomic E-state index is 12.7. The fraction of sp³-hybridized carbons (Fsp3) is 0.111. The molecule has 0 N–H and O–H groups in total. The second kappa shape index (κ2) is 4.06. The maximum atomic E-state index is 12.7. The first kappa shape index (κ1) is 9.61. The van der Waals surface area contributed by atoms with Gasteiger partial charge in [0.2, 0.25) is 5.95 Å². The highest BCUT2D eigenvalue weighted by Gasteiger charge is 2.03. The quantitative estimate of drug-likeness (QED) is 0.736. The Kier molecular flexibility index (Phi) is 2.79. The first-order chi connectivity index (χ1) is 6.74. The standard InChI is InChI=1S/C9H7FN2S2/c1-6-5-13-9(11-6)14-8-4-2-3-7(10)12-8/h2-5H,1H3. The zero-order valence-corrected chi connectivity index (χ0v) is 9.03. The molecule has 2 heterocycles. The van der Waals surface area contributed by atoms with Crippen LogP contribution in [0.15, 0.2) is 32.9 Å². The molecular formula is C9H7FN2S2. The summed E-state index contributed by atoms with van der Waals surface area (Å²) in [5.41, 5.74) is 0.980. The lowest BCUT2D eigenvalue weighted by Gasteiger charge is -1.95. The van der Waals surface area contributed by atoms with Crippen molar-refractivity contribution in [3.8, 4) is 0 Å². The molecule has 0 radical (unpaired) electrons. The van der Waals surface area contributed by atoms with Gasteiger partial charge in [0.1, 0.15) is 5.03 Å². The number of hydrogen-bond donors (Lipinski definition) is 0. The molecule has 0 unspecified atom stereocenters. The normalized spacial score (nSPS) is 10.4. The van der Waals surface area contributed by atoms with Gasteiger partial charge in [0.25, 0.3) is 0 Å². The van der Waals surface area contributed by atoms with Crippen molar-refractivity contribution in [2.75, 3.05) is 0 Å². The third-order valence-corrected chi connectivity index (χ3v) is 3.47. The van der Waals surface area contributed by atoms with E-state index in [1.54, 1.807) is 12.1 Å². The van der Waals surface area contributed by atoms with E-state index in [0.717, 1.165) is 10.0 Å². The summed E-state index contributed by atoms with van der Waals surface area (Å²) in [7, 11) is 0. The van der Waals surface area contributed by atoms with Gasteiger partial charge in [0.15, 0.2) is 4.34 Å². The summed E-state index contributed by atoms with van der Waals surface area (Å²) in [5, 5.41) is 2.60. The number of hydrogen-bond acceptors (Lipinski definition) is 4. The summed E-state index contributed by atoms with van der Waals surface area (Å²) < 4.78 is 13.6. The monoisotopic (exact) mass is 226 g/mol. The third kappa shape index (κ3) is 2.30. The van der Waals surface area contributed by atoms with E-state index in [1.807, 2.05) is 12.3 Å². The second-order valence-electron chi connectivity index (χ2n) is 2.66. The van der Waals surface area contributed by atoms with E-state index in [4.69, 9.17) is 0 Å². The number of halogens is 1. The van der Waals surface area contributed by atoms with E-state index in [0.29, 0.717) is 5.03 Å². The molecule has 0 atom stereocenters. The average Bonchev–Trinajstić information content (AvgIpc) is 2.51. The molecular weight excluding hydrogens is 219 g/mol. The molecule has 2 aromatic rings. The Morgan fingerprint density at radius 2 is 2.21 bits per heavy atom. The zero-order valence-electron chi connectivity index (χ0n) is 7.40. The van der Waals surface area contributed by atoms with Crippen molar-refractivity contribution in [2.24, 2.45) is 0 Å². The predicted octanol–water partition coefficient (Wildman–Crippen LogP) is 3.14. The van der Waals surface area contributed by atoms with Crippen LogP contribution in [-0.4, -0.2) is 9.97 Å². The number of thiazole rings is 1. The fourth-order valence-electron chi connectivity index (χ4n) is 0.915. The molecule has 0 saturated heterocycles. The van der Waals surface area contributed by atoms with Crippen molar-refractivity contribution in [1.82, 2.24) is 9.97 Å². The smallest absolute Gasteiger partial charge is 0.213 e. The van der Waals surface area contributed by atoms with E-state index < -0.39 is 5.95 Å². The predicted molar refractivity (Wildman–Crippen MR) is 55.2 cm³/mol. The molecule has 0 aliphatic rings. The molecule has 72 valence electrons. The molecule has 0 spiro atoms. The summed E-state index contributed by atoms with van der Waals surface area (Å²) in [6.07, 6.45) is 0. The van der Waals surface area contributed by atoms with Crippen molar-refractivity contribution >= 4 is 23.1 Å². The Morgan fingerprint density at radius 1 is 1.36 bits per heavy atom. The number of nitrogens with zero attached hydrogens (tertiary/aromatic N) is 2. The van der Waals surface area contributed by atoms with Crippen LogP contribution in [0.3, 0.4) is 0 Å². The summed E-state index contributed by atoms with van der Waals surface area (Å²) in [4.78, 5) is 8.00. The number of pyridine rings is 1. The van der Waals surface area contributed by atoms with Gasteiger partial charge in [-0.05, 0) is 30.8 Å². The van der Waals surface area contributed by atoms with Gasteiger partial charge in [0, 0.05) is 11.1 Å². The largest absolute Gasteiger partial charge is 0.235 e. The van der Waals surface area contributed by atoms with Crippen LogP contribution >= 0.6 is 23.1 Å². The molecule has 0 saturated carbocycles. The maximum Gasteiger partial charge on any atom is 0.213 e. The van der Waals surface area contributed by atoms with Crippen molar-refractivity contribution < 1.29 is 4.39 Å². The molecule has 0 aliphatic heterocycles. The van der Waals surface area contributed by atoms with Gasteiger partial charge >= 0.3 is 0 Å². The summed E-state index contributed by atoms with van der Waals surface area (Å²) in [6, 6.07) is 4.74. The van der Waals surface area contributed by atoms with Gasteiger partial charge in [-0.3, -0.25) is 0 Å². The summed E-state index contributed by atoms with van der Waals surface area (Å²) >= 11 is 2.92. The topological polar surface area (TPSA) is 25.8 Å². The minimum atomic E-state index is -0.455. The minimum Gasteiger partial charge on any atom is -0.235 e. The molecule has 14 heavy (non-hydrogen) atoms. The molecule has 0 fully saturated rings. The molecule has 2 aromatic heterocycles. The van der Waals surface area contributed by atoms with Crippen LogP contribution in [0.25, 0.3) is 0 Å². The average molecular weight is 226 g/mol. The summed E-state index contributed by atoms with van der Waals surface area (Å²) in [6.45, 7) is 1.93. The Bertz CT molecular complexity index is 442. The Hall–Kier alpha value is -0.940. The van der Waals surface area contributed by atoms with Crippen molar-refractivity contribution in [3.05, 3.63) is 35.2 Å². The Labute approximate surface area is 89.2 Å². The van der Waals surface area contributed by atoms with Crippen LogP contribution in [0, 0.1) is 12.9 Å². The van der Waals surface area contributed by atoms with Gasteiger partial charge in [-0.2, -0.15) is 4.39 Å².